The molecule has 5 heteroatoms. The Morgan fingerprint density at radius 3 is 2.88 bits per heavy atom. The van der Waals surface area contributed by atoms with E-state index in [0.717, 1.165) is 16.9 Å². The molecule has 2 heterocycles. The van der Waals surface area contributed by atoms with Crippen LogP contribution in [0.2, 0.25) is 5.02 Å². The number of nitrogens with zero attached hydrogens (tertiary/aromatic N) is 3. The third-order valence-electron chi connectivity index (χ3n) is 2.56. The number of halogens is 1. The van der Waals surface area contributed by atoms with Crippen molar-refractivity contribution in [3.05, 3.63) is 47.7 Å². The lowest BCUT2D eigenvalue weighted by atomic mass is 10.1. The van der Waals surface area contributed by atoms with Crippen molar-refractivity contribution >= 4 is 22.9 Å². The molecule has 2 aromatic heterocycles. The molecule has 17 heavy (non-hydrogen) atoms. The highest BCUT2D eigenvalue weighted by Gasteiger charge is 2.08. The second-order valence-electron chi connectivity index (χ2n) is 3.67. The van der Waals surface area contributed by atoms with Crippen LogP contribution in [0, 0.1) is 0 Å². The van der Waals surface area contributed by atoms with Crippen molar-refractivity contribution in [1.29, 1.82) is 0 Å². The molecule has 3 aromatic rings. The summed E-state index contributed by atoms with van der Waals surface area (Å²) in [6, 6.07) is 9.08. The zero-order valence-electron chi connectivity index (χ0n) is 8.84. The molecule has 0 bridgehead atoms. The quantitative estimate of drug-likeness (QED) is 0.670. The van der Waals surface area contributed by atoms with Gasteiger partial charge in [-0.2, -0.15) is 5.10 Å². The summed E-state index contributed by atoms with van der Waals surface area (Å²) in [6.45, 7) is 0. The van der Waals surface area contributed by atoms with Gasteiger partial charge in [-0.1, -0.05) is 11.6 Å². The lowest BCUT2D eigenvalue weighted by molar-refractivity contribution is 0.948. The van der Waals surface area contributed by atoms with Crippen LogP contribution in [0.4, 0.5) is 5.69 Å². The van der Waals surface area contributed by atoms with Gasteiger partial charge >= 0.3 is 0 Å². The van der Waals surface area contributed by atoms with Gasteiger partial charge in [0.15, 0.2) is 5.65 Å². The number of rotatable bonds is 1. The van der Waals surface area contributed by atoms with Crippen molar-refractivity contribution < 1.29 is 0 Å². The average Bonchev–Trinajstić information content (AvgIpc) is 2.80. The highest BCUT2D eigenvalue weighted by Crippen LogP contribution is 2.29. The van der Waals surface area contributed by atoms with Crippen molar-refractivity contribution in [2.24, 2.45) is 0 Å². The zero-order valence-corrected chi connectivity index (χ0v) is 9.59. The first-order valence-electron chi connectivity index (χ1n) is 5.10. The number of nitrogens with two attached hydrogens (primary N) is 1. The topological polar surface area (TPSA) is 56.2 Å². The lowest BCUT2D eigenvalue weighted by Gasteiger charge is -2.07. The summed E-state index contributed by atoms with van der Waals surface area (Å²) in [5, 5.41) is 4.86. The van der Waals surface area contributed by atoms with E-state index >= 15 is 0 Å². The van der Waals surface area contributed by atoms with E-state index in [0.29, 0.717) is 10.7 Å². The van der Waals surface area contributed by atoms with Crippen molar-refractivity contribution in [2.75, 3.05) is 5.73 Å². The Labute approximate surface area is 103 Å². The minimum absolute atomic E-state index is 0.641. The van der Waals surface area contributed by atoms with Gasteiger partial charge in [0, 0.05) is 23.5 Å². The van der Waals surface area contributed by atoms with Crippen LogP contribution in [0.3, 0.4) is 0 Å². The van der Waals surface area contributed by atoms with Crippen LogP contribution in [0.15, 0.2) is 42.7 Å². The van der Waals surface area contributed by atoms with Crippen molar-refractivity contribution in [3.8, 4) is 11.3 Å². The summed E-state index contributed by atoms with van der Waals surface area (Å²) in [5.74, 6) is 0. The molecule has 0 atom stereocenters. The van der Waals surface area contributed by atoms with Crippen LogP contribution in [0.5, 0.6) is 0 Å². The molecule has 2 N–H and O–H groups in total. The summed E-state index contributed by atoms with van der Waals surface area (Å²) in [4.78, 5) is 4.21. The summed E-state index contributed by atoms with van der Waals surface area (Å²) in [5.41, 5.74) is 8.95. The molecule has 4 nitrogen and oxygen atoms in total. The Bertz CT molecular complexity index is 690. The molecule has 0 saturated heterocycles. The predicted molar refractivity (Wildman–Crippen MR) is 67.8 cm³/mol. The van der Waals surface area contributed by atoms with E-state index in [1.165, 1.54) is 0 Å². The van der Waals surface area contributed by atoms with Crippen molar-refractivity contribution in [3.63, 3.8) is 0 Å². The van der Waals surface area contributed by atoms with Gasteiger partial charge in [-0.15, -0.1) is 0 Å². The van der Waals surface area contributed by atoms with Crippen LogP contribution in [-0.4, -0.2) is 14.6 Å². The summed E-state index contributed by atoms with van der Waals surface area (Å²) >= 11 is 6.18. The Hall–Kier alpha value is -2.07. The van der Waals surface area contributed by atoms with Gasteiger partial charge in [-0.25, -0.2) is 9.50 Å². The Kier molecular flexibility index (Phi) is 2.23. The standard InChI is InChI=1S/C12H9ClN4/c13-10-2-1-8(14)7-9(10)11-3-5-15-12-4-6-16-17(11)12/h1-7H,14H2. The number of anilines is 1. The second kappa shape index (κ2) is 3.75. The van der Waals surface area contributed by atoms with E-state index in [1.807, 2.05) is 18.2 Å². The molecule has 0 saturated carbocycles. The van der Waals surface area contributed by atoms with E-state index in [4.69, 9.17) is 17.3 Å². The van der Waals surface area contributed by atoms with Crippen molar-refractivity contribution in [1.82, 2.24) is 14.6 Å². The van der Waals surface area contributed by atoms with Gasteiger partial charge in [-0.05, 0) is 24.3 Å². The van der Waals surface area contributed by atoms with Crippen LogP contribution < -0.4 is 5.73 Å². The summed E-state index contributed by atoms with van der Waals surface area (Å²) in [6.07, 6.45) is 3.43. The maximum atomic E-state index is 6.18. The third-order valence-corrected chi connectivity index (χ3v) is 2.89. The van der Waals surface area contributed by atoms with Gasteiger partial charge in [0.1, 0.15) is 0 Å². The Morgan fingerprint density at radius 1 is 1.12 bits per heavy atom. The fraction of sp³-hybridized carbons (Fsp3) is 0. The van der Waals surface area contributed by atoms with Gasteiger partial charge in [-0.3, -0.25) is 0 Å². The summed E-state index contributed by atoms with van der Waals surface area (Å²) in [7, 11) is 0. The fourth-order valence-corrected chi connectivity index (χ4v) is 1.99. The Morgan fingerprint density at radius 2 is 2.00 bits per heavy atom. The monoisotopic (exact) mass is 244 g/mol. The SMILES string of the molecule is Nc1ccc(Cl)c(-c2ccnc3ccnn23)c1. The largest absolute Gasteiger partial charge is 0.399 e. The second-order valence-corrected chi connectivity index (χ2v) is 4.08. The predicted octanol–water partition coefficient (Wildman–Crippen LogP) is 2.63. The molecule has 0 radical (unpaired) electrons. The van der Waals surface area contributed by atoms with Gasteiger partial charge in [0.25, 0.3) is 0 Å². The number of hydrogen-bond acceptors (Lipinski definition) is 3. The molecule has 0 aliphatic carbocycles. The molecule has 0 amide bonds. The average molecular weight is 245 g/mol. The lowest BCUT2D eigenvalue weighted by Crippen LogP contribution is -1.96. The zero-order chi connectivity index (χ0) is 11.8. The molecular weight excluding hydrogens is 236 g/mol. The highest BCUT2D eigenvalue weighted by atomic mass is 35.5. The van der Waals surface area contributed by atoms with E-state index < -0.39 is 0 Å². The van der Waals surface area contributed by atoms with Crippen LogP contribution in [-0.2, 0) is 0 Å². The highest BCUT2D eigenvalue weighted by molar-refractivity contribution is 6.33. The molecule has 0 aliphatic rings. The maximum Gasteiger partial charge on any atom is 0.155 e. The van der Waals surface area contributed by atoms with E-state index in [-0.39, 0.29) is 0 Å². The first kappa shape index (κ1) is 10.1. The van der Waals surface area contributed by atoms with E-state index in [2.05, 4.69) is 10.1 Å². The van der Waals surface area contributed by atoms with E-state index in [9.17, 15) is 0 Å². The maximum absolute atomic E-state index is 6.18. The van der Waals surface area contributed by atoms with Crippen LogP contribution in [0.1, 0.15) is 0 Å². The minimum atomic E-state index is 0.641. The number of hydrogen-bond donors (Lipinski definition) is 1. The van der Waals surface area contributed by atoms with Crippen LogP contribution >= 0.6 is 11.6 Å². The molecular formula is C12H9ClN4. The molecule has 1 aromatic carbocycles. The van der Waals surface area contributed by atoms with Crippen LogP contribution in [0.25, 0.3) is 16.9 Å². The van der Waals surface area contributed by atoms with Gasteiger partial charge < -0.3 is 5.73 Å². The van der Waals surface area contributed by atoms with Gasteiger partial charge in [0.2, 0.25) is 0 Å². The van der Waals surface area contributed by atoms with Gasteiger partial charge in [0.05, 0.1) is 16.9 Å². The smallest absolute Gasteiger partial charge is 0.155 e. The minimum Gasteiger partial charge on any atom is -0.399 e. The number of benzene rings is 1. The molecule has 3 rings (SSSR count). The van der Waals surface area contributed by atoms with E-state index in [1.54, 1.807) is 29.0 Å². The Balaban J connectivity index is 2.34. The summed E-state index contributed by atoms with van der Waals surface area (Å²) < 4.78 is 1.74. The number of fused-ring (bicyclic) bond motifs is 1. The third kappa shape index (κ3) is 1.62. The molecule has 0 unspecified atom stereocenters. The molecule has 84 valence electrons. The molecule has 0 aliphatic heterocycles. The number of nitrogen functional groups attached to an aromatic ring is 1. The first-order chi connectivity index (χ1) is 8.25. The number of aromatic nitrogens is 3. The molecule has 0 spiro atoms. The van der Waals surface area contributed by atoms with Crippen molar-refractivity contribution in [2.45, 2.75) is 0 Å². The fourth-order valence-electron chi connectivity index (χ4n) is 1.78. The molecule has 0 fully saturated rings. The normalized spacial score (nSPS) is 10.9. The first-order valence-corrected chi connectivity index (χ1v) is 5.47.